The molecule has 22 heavy (non-hydrogen) atoms. The zero-order valence-corrected chi connectivity index (χ0v) is 13.4. The maximum Gasteiger partial charge on any atom is 0.264 e. The van der Waals surface area contributed by atoms with Gasteiger partial charge >= 0.3 is 0 Å². The van der Waals surface area contributed by atoms with E-state index in [4.69, 9.17) is 0 Å². The average Bonchev–Trinajstić information content (AvgIpc) is 2.48. The van der Waals surface area contributed by atoms with Crippen molar-refractivity contribution in [2.45, 2.75) is 25.2 Å². The number of carbonyl (C=O) groups is 1. The van der Waals surface area contributed by atoms with Crippen molar-refractivity contribution in [2.24, 2.45) is 0 Å². The molecular formula is C17H17NO3S. The molecule has 0 N–H and O–H groups in total. The Bertz CT molecular complexity index is 839. The van der Waals surface area contributed by atoms with Crippen LogP contribution in [0.5, 0.6) is 0 Å². The fraction of sp³-hybridized carbons (Fsp3) is 0.235. The van der Waals surface area contributed by atoms with Crippen molar-refractivity contribution < 1.29 is 13.2 Å². The van der Waals surface area contributed by atoms with Gasteiger partial charge in [0, 0.05) is 18.5 Å². The Morgan fingerprint density at radius 3 is 2.27 bits per heavy atom. The maximum absolute atomic E-state index is 12.9. The van der Waals surface area contributed by atoms with E-state index in [1.54, 1.807) is 36.4 Å². The molecule has 0 bridgehead atoms. The molecule has 5 heteroatoms. The summed E-state index contributed by atoms with van der Waals surface area (Å²) in [4.78, 5) is 12.3. The minimum Gasteiger partial charge on any atom is -0.294 e. The predicted molar refractivity (Wildman–Crippen MR) is 85.8 cm³/mol. The lowest BCUT2D eigenvalue weighted by molar-refractivity contribution is 0.0982. The number of rotatable bonds is 2. The molecule has 1 aliphatic heterocycles. The Morgan fingerprint density at radius 1 is 0.955 bits per heavy atom. The molecule has 2 aromatic carbocycles. The smallest absolute Gasteiger partial charge is 0.264 e. The van der Waals surface area contributed by atoms with Crippen molar-refractivity contribution in [3.05, 3.63) is 59.2 Å². The van der Waals surface area contributed by atoms with Gasteiger partial charge in [-0.3, -0.25) is 9.10 Å². The topological polar surface area (TPSA) is 54.5 Å². The first kappa shape index (κ1) is 14.8. The van der Waals surface area contributed by atoms with Crippen molar-refractivity contribution in [1.82, 2.24) is 0 Å². The number of hydrogen-bond donors (Lipinski definition) is 0. The summed E-state index contributed by atoms with van der Waals surface area (Å²) in [5.74, 6) is -0.00550. The normalized spacial score (nSPS) is 14.8. The van der Waals surface area contributed by atoms with Crippen LogP contribution >= 0.6 is 0 Å². The number of nitrogens with zero attached hydrogens (tertiary/aromatic N) is 1. The van der Waals surface area contributed by atoms with Crippen molar-refractivity contribution in [1.29, 1.82) is 0 Å². The number of fused-ring (bicyclic) bond motifs is 1. The van der Waals surface area contributed by atoms with Gasteiger partial charge in [0.05, 0.1) is 10.6 Å². The van der Waals surface area contributed by atoms with Gasteiger partial charge in [0.1, 0.15) is 0 Å². The lowest BCUT2D eigenvalue weighted by Crippen LogP contribution is -2.37. The summed E-state index contributed by atoms with van der Waals surface area (Å²) in [7, 11) is -3.65. The molecule has 1 aliphatic rings. The van der Waals surface area contributed by atoms with E-state index in [0.29, 0.717) is 11.3 Å². The second kappa shape index (κ2) is 5.25. The predicted octanol–water partition coefficient (Wildman–Crippen LogP) is 3.09. The highest BCUT2D eigenvalue weighted by atomic mass is 32.2. The lowest BCUT2D eigenvalue weighted by atomic mass is 10.0. The van der Waals surface area contributed by atoms with Crippen LogP contribution in [0.15, 0.2) is 47.4 Å². The third kappa shape index (κ3) is 2.41. The molecule has 0 atom stereocenters. The van der Waals surface area contributed by atoms with E-state index < -0.39 is 10.0 Å². The standard InChI is InChI=1S/C17H17NO3S/c1-12-3-6-14(7-4-12)22(20,21)18-10-9-17(19)15-11-13(2)5-8-16(15)18/h3-8,11H,9-10H2,1-2H3. The summed E-state index contributed by atoms with van der Waals surface area (Å²) in [6.45, 7) is 3.99. The van der Waals surface area contributed by atoms with Crippen molar-refractivity contribution in [3.8, 4) is 0 Å². The van der Waals surface area contributed by atoms with Crippen LogP contribution in [0.4, 0.5) is 5.69 Å². The van der Waals surface area contributed by atoms with Crippen LogP contribution in [-0.2, 0) is 10.0 Å². The largest absolute Gasteiger partial charge is 0.294 e. The molecule has 0 saturated heterocycles. The van der Waals surface area contributed by atoms with Gasteiger partial charge in [-0.25, -0.2) is 8.42 Å². The molecule has 114 valence electrons. The van der Waals surface area contributed by atoms with E-state index in [0.717, 1.165) is 11.1 Å². The van der Waals surface area contributed by atoms with Gasteiger partial charge in [-0.05, 0) is 38.1 Å². The number of sulfonamides is 1. The zero-order valence-electron chi connectivity index (χ0n) is 12.5. The monoisotopic (exact) mass is 315 g/mol. The molecule has 0 radical (unpaired) electrons. The summed E-state index contributed by atoms with van der Waals surface area (Å²) in [6.07, 6.45) is 0.210. The van der Waals surface area contributed by atoms with Crippen LogP contribution in [0, 0.1) is 13.8 Å². The van der Waals surface area contributed by atoms with Crippen molar-refractivity contribution in [3.63, 3.8) is 0 Å². The number of aryl methyl sites for hydroxylation is 2. The van der Waals surface area contributed by atoms with Gasteiger partial charge in [-0.2, -0.15) is 0 Å². The summed E-state index contributed by atoms with van der Waals surface area (Å²) >= 11 is 0. The zero-order chi connectivity index (χ0) is 15.9. The van der Waals surface area contributed by atoms with Crippen LogP contribution in [0.1, 0.15) is 27.9 Å². The number of Topliss-reactive ketones (excluding diaryl/α,β-unsaturated/α-hetero) is 1. The van der Waals surface area contributed by atoms with Gasteiger partial charge in [-0.15, -0.1) is 0 Å². The molecule has 0 fully saturated rings. The minimum absolute atomic E-state index is 0.00550. The fourth-order valence-corrected chi connectivity index (χ4v) is 4.12. The highest BCUT2D eigenvalue weighted by Crippen LogP contribution is 2.32. The van der Waals surface area contributed by atoms with E-state index in [9.17, 15) is 13.2 Å². The molecule has 1 heterocycles. The Balaban J connectivity index is 2.11. The van der Waals surface area contributed by atoms with E-state index in [-0.39, 0.29) is 23.6 Å². The number of carbonyl (C=O) groups excluding carboxylic acids is 1. The second-order valence-corrected chi connectivity index (χ2v) is 7.45. The molecular weight excluding hydrogens is 298 g/mol. The van der Waals surface area contributed by atoms with E-state index in [2.05, 4.69) is 0 Å². The van der Waals surface area contributed by atoms with Gasteiger partial charge in [0.2, 0.25) is 0 Å². The third-order valence-electron chi connectivity index (χ3n) is 3.87. The van der Waals surface area contributed by atoms with Gasteiger partial charge in [-0.1, -0.05) is 29.3 Å². The molecule has 4 nitrogen and oxygen atoms in total. The summed E-state index contributed by atoms with van der Waals surface area (Å²) in [6, 6.07) is 12.1. The van der Waals surface area contributed by atoms with E-state index in [1.165, 1.54) is 4.31 Å². The van der Waals surface area contributed by atoms with Crippen LogP contribution in [0.25, 0.3) is 0 Å². The molecule has 0 saturated carbocycles. The first-order valence-corrected chi connectivity index (χ1v) is 8.57. The second-order valence-electron chi connectivity index (χ2n) is 5.58. The van der Waals surface area contributed by atoms with Crippen LogP contribution in [-0.4, -0.2) is 20.7 Å². The molecule has 0 amide bonds. The van der Waals surface area contributed by atoms with Crippen LogP contribution in [0.3, 0.4) is 0 Å². The first-order valence-electron chi connectivity index (χ1n) is 7.13. The third-order valence-corrected chi connectivity index (χ3v) is 5.70. The minimum atomic E-state index is -3.65. The fourth-order valence-electron chi connectivity index (χ4n) is 2.64. The average molecular weight is 315 g/mol. The number of anilines is 1. The number of hydrogen-bond acceptors (Lipinski definition) is 3. The van der Waals surface area contributed by atoms with Gasteiger partial charge < -0.3 is 0 Å². The molecule has 2 aromatic rings. The molecule has 0 aliphatic carbocycles. The first-order chi connectivity index (χ1) is 10.4. The van der Waals surface area contributed by atoms with Crippen LogP contribution < -0.4 is 4.31 Å². The van der Waals surface area contributed by atoms with Gasteiger partial charge in [0.15, 0.2) is 5.78 Å². The molecule has 0 unspecified atom stereocenters. The SMILES string of the molecule is Cc1ccc(S(=O)(=O)N2CCC(=O)c3cc(C)ccc32)cc1. The summed E-state index contributed by atoms with van der Waals surface area (Å²) in [5.41, 5.74) is 2.91. The highest BCUT2D eigenvalue weighted by Gasteiger charge is 2.32. The summed E-state index contributed by atoms with van der Waals surface area (Å²) in [5, 5.41) is 0. The molecule has 3 rings (SSSR count). The Kier molecular flexibility index (Phi) is 3.53. The van der Waals surface area contributed by atoms with Gasteiger partial charge in [0.25, 0.3) is 10.0 Å². The van der Waals surface area contributed by atoms with E-state index >= 15 is 0 Å². The number of ketones is 1. The van der Waals surface area contributed by atoms with Crippen LogP contribution in [0.2, 0.25) is 0 Å². The maximum atomic E-state index is 12.9. The quantitative estimate of drug-likeness (QED) is 0.856. The lowest BCUT2D eigenvalue weighted by Gasteiger charge is -2.30. The van der Waals surface area contributed by atoms with Crippen molar-refractivity contribution >= 4 is 21.5 Å². The Morgan fingerprint density at radius 2 is 1.59 bits per heavy atom. The number of benzene rings is 2. The molecule has 0 aromatic heterocycles. The summed E-state index contributed by atoms with van der Waals surface area (Å²) < 4.78 is 27.1. The van der Waals surface area contributed by atoms with Crippen molar-refractivity contribution in [2.75, 3.05) is 10.8 Å². The molecule has 0 spiro atoms. The Hall–Kier alpha value is -2.14. The van der Waals surface area contributed by atoms with E-state index in [1.807, 2.05) is 19.9 Å². The highest BCUT2D eigenvalue weighted by molar-refractivity contribution is 7.92. The Labute approximate surface area is 130 Å².